The standard InChI is InChI=1S/C13H27N3/c1-4-12-11-16(10-9-15(12)3)13-5-7-14(2)8-6-13/h12-13H,4-11H2,1-3H3/t12-/m0/s1. The third kappa shape index (κ3) is 2.76. The van der Waals surface area contributed by atoms with Crippen LogP contribution in [-0.2, 0) is 0 Å². The number of likely N-dealkylation sites (tertiary alicyclic amines) is 1. The van der Waals surface area contributed by atoms with E-state index in [1.165, 1.54) is 52.0 Å². The smallest absolute Gasteiger partial charge is 0.0218 e. The highest BCUT2D eigenvalue weighted by Gasteiger charge is 2.29. The largest absolute Gasteiger partial charge is 0.306 e. The van der Waals surface area contributed by atoms with Gasteiger partial charge in [0.05, 0.1) is 0 Å². The van der Waals surface area contributed by atoms with Gasteiger partial charge in [-0.2, -0.15) is 0 Å². The molecule has 0 aromatic heterocycles. The molecule has 1 atom stereocenters. The fraction of sp³-hybridized carbons (Fsp3) is 1.00. The molecule has 3 heteroatoms. The second-order valence-corrected chi connectivity index (χ2v) is 5.57. The molecule has 0 N–H and O–H groups in total. The maximum Gasteiger partial charge on any atom is 0.0218 e. The summed E-state index contributed by atoms with van der Waals surface area (Å²) in [7, 11) is 4.52. The highest BCUT2D eigenvalue weighted by molar-refractivity contribution is 4.86. The van der Waals surface area contributed by atoms with E-state index in [0.717, 1.165) is 12.1 Å². The summed E-state index contributed by atoms with van der Waals surface area (Å²) in [5.74, 6) is 0. The molecule has 2 aliphatic heterocycles. The minimum Gasteiger partial charge on any atom is -0.306 e. The number of hydrogen-bond donors (Lipinski definition) is 0. The van der Waals surface area contributed by atoms with E-state index in [1.54, 1.807) is 0 Å². The monoisotopic (exact) mass is 225 g/mol. The molecule has 0 aliphatic carbocycles. The molecular formula is C13H27N3. The Balaban J connectivity index is 1.85. The summed E-state index contributed by atoms with van der Waals surface area (Å²) in [6.07, 6.45) is 4.03. The lowest BCUT2D eigenvalue weighted by Crippen LogP contribution is -2.56. The van der Waals surface area contributed by atoms with Crippen LogP contribution in [0.25, 0.3) is 0 Å². The summed E-state index contributed by atoms with van der Waals surface area (Å²) < 4.78 is 0. The molecule has 94 valence electrons. The van der Waals surface area contributed by atoms with Crippen molar-refractivity contribution in [2.24, 2.45) is 0 Å². The summed E-state index contributed by atoms with van der Waals surface area (Å²) in [5, 5.41) is 0. The average Bonchev–Trinajstić information content (AvgIpc) is 2.31. The summed E-state index contributed by atoms with van der Waals surface area (Å²) in [4.78, 5) is 7.75. The first kappa shape index (κ1) is 12.3. The van der Waals surface area contributed by atoms with Crippen molar-refractivity contribution in [3.63, 3.8) is 0 Å². The van der Waals surface area contributed by atoms with Gasteiger partial charge >= 0.3 is 0 Å². The zero-order valence-electron chi connectivity index (χ0n) is 11.2. The van der Waals surface area contributed by atoms with Crippen molar-refractivity contribution in [3.05, 3.63) is 0 Å². The van der Waals surface area contributed by atoms with Gasteiger partial charge in [0.15, 0.2) is 0 Å². The minimum atomic E-state index is 0.786. The highest BCUT2D eigenvalue weighted by atomic mass is 15.3. The van der Waals surface area contributed by atoms with E-state index in [1.807, 2.05) is 0 Å². The van der Waals surface area contributed by atoms with Gasteiger partial charge in [0.25, 0.3) is 0 Å². The molecule has 0 unspecified atom stereocenters. The summed E-state index contributed by atoms with van der Waals surface area (Å²) in [6, 6.07) is 1.65. The van der Waals surface area contributed by atoms with Crippen LogP contribution in [0.1, 0.15) is 26.2 Å². The molecule has 0 saturated carbocycles. The van der Waals surface area contributed by atoms with Crippen molar-refractivity contribution >= 4 is 0 Å². The molecule has 2 heterocycles. The number of piperazine rings is 1. The Labute approximate surface area is 100 Å². The second-order valence-electron chi connectivity index (χ2n) is 5.57. The van der Waals surface area contributed by atoms with Crippen LogP contribution < -0.4 is 0 Å². The molecule has 0 bridgehead atoms. The van der Waals surface area contributed by atoms with E-state index in [0.29, 0.717) is 0 Å². The molecule has 3 nitrogen and oxygen atoms in total. The lowest BCUT2D eigenvalue weighted by Gasteiger charge is -2.45. The van der Waals surface area contributed by atoms with Crippen molar-refractivity contribution < 1.29 is 0 Å². The first-order valence-corrected chi connectivity index (χ1v) is 6.83. The zero-order valence-corrected chi connectivity index (χ0v) is 11.2. The van der Waals surface area contributed by atoms with Crippen LogP contribution in [-0.4, -0.2) is 73.6 Å². The van der Waals surface area contributed by atoms with E-state index in [-0.39, 0.29) is 0 Å². The van der Waals surface area contributed by atoms with Gasteiger partial charge < -0.3 is 9.80 Å². The molecule has 0 amide bonds. The fourth-order valence-corrected chi connectivity index (χ4v) is 3.10. The third-order valence-electron chi connectivity index (χ3n) is 4.48. The van der Waals surface area contributed by atoms with E-state index in [4.69, 9.17) is 0 Å². The van der Waals surface area contributed by atoms with Crippen molar-refractivity contribution in [3.8, 4) is 0 Å². The van der Waals surface area contributed by atoms with Crippen molar-refractivity contribution in [2.45, 2.75) is 38.3 Å². The zero-order chi connectivity index (χ0) is 11.5. The number of hydrogen-bond acceptors (Lipinski definition) is 3. The molecular weight excluding hydrogens is 198 g/mol. The minimum absolute atomic E-state index is 0.786. The predicted octanol–water partition coefficient (Wildman–Crippen LogP) is 1.11. The Morgan fingerprint density at radius 3 is 2.31 bits per heavy atom. The SMILES string of the molecule is CC[C@H]1CN(C2CCN(C)CC2)CCN1C. The van der Waals surface area contributed by atoms with Gasteiger partial charge in [-0.25, -0.2) is 0 Å². The lowest BCUT2D eigenvalue weighted by molar-refractivity contribution is 0.0392. The Morgan fingerprint density at radius 1 is 1.00 bits per heavy atom. The van der Waals surface area contributed by atoms with E-state index < -0.39 is 0 Å². The first-order valence-electron chi connectivity index (χ1n) is 6.83. The van der Waals surface area contributed by atoms with Crippen LogP contribution in [0.4, 0.5) is 0 Å². The number of nitrogens with zero attached hydrogens (tertiary/aromatic N) is 3. The Kier molecular flexibility index (Phi) is 4.22. The van der Waals surface area contributed by atoms with E-state index >= 15 is 0 Å². The molecule has 0 aromatic carbocycles. The van der Waals surface area contributed by atoms with Crippen molar-refractivity contribution in [1.29, 1.82) is 0 Å². The van der Waals surface area contributed by atoms with Crippen LogP contribution in [0.2, 0.25) is 0 Å². The van der Waals surface area contributed by atoms with Crippen molar-refractivity contribution in [2.75, 3.05) is 46.8 Å². The third-order valence-corrected chi connectivity index (χ3v) is 4.48. The van der Waals surface area contributed by atoms with Gasteiger partial charge in [-0.15, -0.1) is 0 Å². The van der Waals surface area contributed by atoms with E-state index in [9.17, 15) is 0 Å². The van der Waals surface area contributed by atoms with Gasteiger partial charge in [0.2, 0.25) is 0 Å². The molecule has 0 spiro atoms. The molecule has 0 aromatic rings. The normalized spacial score (nSPS) is 32.1. The summed E-state index contributed by atoms with van der Waals surface area (Å²) in [5.41, 5.74) is 0. The first-order chi connectivity index (χ1) is 7.70. The fourth-order valence-electron chi connectivity index (χ4n) is 3.10. The Hall–Kier alpha value is -0.120. The van der Waals surface area contributed by atoms with Gasteiger partial charge in [-0.1, -0.05) is 6.92 Å². The highest BCUT2D eigenvalue weighted by Crippen LogP contribution is 2.20. The number of rotatable bonds is 2. The molecule has 2 fully saturated rings. The van der Waals surface area contributed by atoms with Crippen LogP contribution in [0.15, 0.2) is 0 Å². The van der Waals surface area contributed by atoms with Gasteiger partial charge in [0, 0.05) is 31.7 Å². The van der Waals surface area contributed by atoms with Gasteiger partial charge in [-0.3, -0.25) is 4.90 Å². The molecule has 0 radical (unpaired) electrons. The predicted molar refractivity (Wildman–Crippen MR) is 68.8 cm³/mol. The molecule has 16 heavy (non-hydrogen) atoms. The van der Waals surface area contributed by atoms with E-state index in [2.05, 4.69) is 35.7 Å². The Morgan fingerprint density at radius 2 is 1.69 bits per heavy atom. The van der Waals surface area contributed by atoms with Crippen LogP contribution in [0.3, 0.4) is 0 Å². The van der Waals surface area contributed by atoms with Crippen LogP contribution in [0.5, 0.6) is 0 Å². The maximum atomic E-state index is 2.75. The summed E-state index contributed by atoms with van der Waals surface area (Å²) in [6.45, 7) is 8.72. The topological polar surface area (TPSA) is 9.72 Å². The summed E-state index contributed by atoms with van der Waals surface area (Å²) >= 11 is 0. The van der Waals surface area contributed by atoms with Gasteiger partial charge in [-0.05, 0) is 46.4 Å². The van der Waals surface area contributed by atoms with Crippen molar-refractivity contribution in [1.82, 2.24) is 14.7 Å². The van der Waals surface area contributed by atoms with Crippen LogP contribution >= 0.6 is 0 Å². The number of likely N-dealkylation sites (N-methyl/N-ethyl adjacent to an activating group) is 1. The quantitative estimate of drug-likeness (QED) is 0.697. The average molecular weight is 225 g/mol. The second kappa shape index (κ2) is 5.48. The van der Waals surface area contributed by atoms with Gasteiger partial charge in [0.1, 0.15) is 0 Å². The molecule has 2 aliphatic rings. The lowest BCUT2D eigenvalue weighted by atomic mass is 10.0. The molecule has 2 rings (SSSR count). The maximum absolute atomic E-state index is 2.75. The Bertz CT molecular complexity index is 211. The number of piperidine rings is 1. The van der Waals surface area contributed by atoms with Crippen LogP contribution in [0, 0.1) is 0 Å². The molecule has 2 saturated heterocycles.